The van der Waals surface area contributed by atoms with Gasteiger partial charge in [0.1, 0.15) is 4.75 Å². The first-order valence-electron chi connectivity index (χ1n) is 7.91. The summed E-state index contributed by atoms with van der Waals surface area (Å²) in [5.41, 5.74) is 1.16. The molecule has 2 rings (SSSR count). The van der Waals surface area contributed by atoms with Gasteiger partial charge in [-0.15, -0.1) is 16.5 Å². The third-order valence-corrected chi connectivity index (χ3v) is 7.58. The van der Waals surface area contributed by atoms with Gasteiger partial charge in [0.05, 0.1) is 6.04 Å². The minimum Gasteiger partial charge on any atom is -0.598 e. The van der Waals surface area contributed by atoms with Gasteiger partial charge in [-0.25, -0.2) is 0 Å². The van der Waals surface area contributed by atoms with Gasteiger partial charge in [0, 0.05) is 26.0 Å². The van der Waals surface area contributed by atoms with Crippen LogP contribution in [-0.4, -0.2) is 14.5 Å². The number of thioether (sulfide) groups is 1. The Morgan fingerprint density at radius 1 is 1.32 bits per heavy atom. The minimum absolute atomic E-state index is 0.0555. The van der Waals surface area contributed by atoms with Gasteiger partial charge < -0.3 is 4.55 Å². The lowest BCUT2D eigenvalue weighted by Crippen LogP contribution is -2.40. The lowest BCUT2D eigenvalue weighted by molar-refractivity contribution is 0.531. The molecule has 1 aromatic carbocycles. The monoisotopic (exact) mass is 403 g/mol. The number of rotatable bonds is 5. The van der Waals surface area contributed by atoms with Crippen molar-refractivity contribution in [3.8, 4) is 0 Å². The molecule has 0 heterocycles. The molecule has 1 aliphatic rings. The summed E-state index contributed by atoms with van der Waals surface area (Å²) < 4.78 is 16.3. The Bertz CT molecular complexity index is 498. The molecule has 124 valence electrons. The van der Waals surface area contributed by atoms with Gasteiger partial charge in [0.2, 0.25) is 0 Å². The van der Waals surface area contributed by atoms with E-state index in [0.717, 1.165) is 15.3 Å². The Morgan fingerprint density at radius 3 is 2.50 bits per heavy atom. The number of halogens is 1. The van der Waals surface area contributed by atoms with Gasteiger partial charge in [-0.1, -0.05) is 34.8 Å². The molecule has 5 heteroatoms. The second-order valence-corrected chi connectivity index (χ2v) is 11.2. The van der Waals surface area contributed by atoms with Gasteiger partial charge in [-0.05, 0) is 58.2 Å². The predicted molar refractivity (Wildman–Crippen MR) is 102 cm³/mol. The SMILES string of the molecule is C[C@H](N[S+]([O-])C(C)(C)C)c1ccc(SC2CCCC2)cc1Br. The molecule has 0 aliphatic heterocycles. The fourth-order valence-electron chi connectivity index (χ4n) is 2.53. The molecule has 1 aromatic rings. The molecular weight excluding hydrogens is 378 g/mol. The molecule has 1 aliphatic carbocycles. The third kappa shape index (κ3) is 5.17. The molecule has 1 saturated carbocycles. The number of benzene rings is 1. The number of hydrogen-bond acceptors (Lipinski definition) is 3. The fourth-order valence-corrected chi connectivity index (χ4v) is 5.49. The van der Waals surface area contributed by atoms with Crippen molar-refractivity contribution in [3.63, 3.8) is 0 Å². The summed E-state index contributed by atoms with van der Waals surface area (Å²) in [7, 11) is 0. The van der Waals surface area contributed by atoms with Crippen LogP contribution >= 0.6 is 27.7 Å². The van der Waals surface area contributed by atoms with Crippen LogP contribution in [0.4, 0.5) is 0 Å². The standard InChI is InChI=1S/C17H26BrNOS2/c1-12(19-22(20)17(2,3)4)15-10-9-14(11-16(15)18)21-13-7-5-6-8-13/h9-13,19H,5-8H2,1-4H3/t12-,22?/m0/s1. The molecule has 0 aromatic heterocycles. The summed E-state index contributed by atoms with van der Waals surface area (Å²) in [5, 5.41) is 0.779. The largest absolute Gasteiger partial charge is 0.598 e. The molecule has 0 bridgehead atoms. The second-order valence-electron chi connectivity index (χ2n) is 6.93. The Kier molecular flexibility index (Phi) is 6.72. The topological polar surface area (TPSA) is 35.1 Å². The van der Waals surface area contributed by atoms with E-state index in [4.69, 9.17) is 0 Å². The van der Waals surface area contributed by atoms with Crippen LogP contribution in [-0.2, 0) is 11.4 Å². The van der Waals surface area contributed by atoms with Crippen LogP contribution in [0.5, 0.6) is 0 Å². The normalized spacial score (nSPS) is 19.4. The zero-order chi connectivity index (χ0) is 16.3. The van der Waals surface area contributed by atoms with Gasteiger partial charge in [-0.3, -0.25) is 0 Å². The van der Waals surface area contributed by atoms with Crippen molar-refractivity contribution in [2.75, 3.05) is 0 Å². The second kappa shape index (κ2) is 7.93. The maximum Gasteiger partial charge on any atom is 0.136 e. The van der Waals surface area contributed by atoms with E-state index in [2.05, 4.69) is 45.8 Å². The highest BCUT2D eigenvalue weighted by Gasteiger charge is 2.28. The van der Waals surface area contributed by atoms with Crippen molar-refractivity contribution in [1.82, 2.24) is 4.72 Å². The maximum absolute atomic E-state index is 12.2. The van der Waals surface area contributed by atoms with Crippen molar-refractivity contribution in [1.29, 1.82) is 0 Å². The number of nitrogens with one attached hydrogen (secondary N) is 1. The molecule has 0 saturated heterocycles. The molecule has 0 radical (unpaired) electrons. The predicted octanol–water partition coefficient (Wildman–Crippen LogP) is 5.60. The smallest absolute Gasteiger partial charge is 0.136 e. The van der Waals surface area contributed by atoms with Crippen molar-refractivity contribution < 1.29 is 4.55 Å². The third-order valence-electron chi connectivity index (χ3n) is 3.88. The van der Waals surface area contributed by atoms with E-state index in [-0.39, 0.29) is 10.8 Å². The zero-order valence-corrected chi connectivity index (χ0v) is 17.0. The fraction of sp³-hybridized carbons (Fsp3) is 0.647. The first-order chi connectivity index (χ1) is 10.3. The summed E-state index contributed by atoms with van der Waals surface area (Å²) in [4.78, 5) is 1.33. The van der Waals surface area contributed by atoms with Crippen molar-refractivity contribution >= 4 is 39.1 Å². The first-order valence-corrected chi connectivity index (χ1v) is 10.7. The highest BCUT2D eigenvalue weighted by molar-refractivity contribution is 9.10. The quantitative estimate of drug-likeness (QED) is 0.649. The average Bonchev–Trinajstić information content (AvgIpc) is 2.90. The van der Waals surface area contributed by atoms with Crippen molar-refractivity contribution in [2.24, 2.45) is 0 Å². The summed E-state index contributed by atoms with van der Waals surface area (Å²) in [6, 6.07) is 6.61. The van der Waals surface area contributed by atoms with Crippen molar-refractivity contribution in [3.05, 3.63) is 28.2 Å². The van der Waals surface area contributed by atoms with E-state index in [0.29, 0.717) is 0 Å². The van der Waals surface area contributed by atoms with E-state index in [1.165, 1.54) is 30.6 Å². The van der Waals surface area contributed by atoms with E-state index >= 15 is 0 Å². The Hall–Kier alpha value is 0.320. The average molecular weight is 404 g/mol. The van der Waals surface area contributed by atoms with Gasteiger partial charge in [-0.2, -0.15) is 0 Å². The van der Waals surface area contributed by atoms with Gasteiger partial charge >= 0.3 is 0 Å². The van der Waals surface area contributed by atoms with Crippen molar-refractivity contribution in [2.45, 2.75) is 74.3 Å². The van der Waals surface area contributed by atoms with E-state index in [9.17, 15) is 4.55 Å². The first kappa shape index (κ1) is 18.7. The van der Waals surface area contributed by atoms with Crippen LogP contribution in [0.2, 0.25) is 0 Å². The molecule has 0 amide bonds. The van der Waals surface area contributed by atoms with Crippen LogP contribution in [0.1, 0.15) is 65.0 Å². The molecule has 2 atom stereocenters. The summed E-state index contributed by atoms with van der Waals surface area (Å²) in [6.45, 7) is 8.02. The van der Waals surface area contributed by atoms with Gasteiger partial charge in [0.25, 0.3) is 0 Å². The lowest BCUT2D eigenvalue weighted by Gasteiger charge is -2.27. The summed E-state index contributed by atoms with van der Waals surface area (Å²) >= 11 is 4.62. The minimum atomic E-state index is -1.06. The lowest BCUT2D eigenvalue weighted by atomic mass is 10.1. The Labute approximate surface area is 150 Å². The molecule has 0 spiro atoms. The van der Waals surface area contributed by atoms with Crippen LogP contribution in [0, 0.1) is 0 Å². The highest BCUT2D eigenvalue weighted by atomic mass is 79.9. The van der Waals surface area contributed by atoms with E-state index < -0.39 is 11.4 Å². The molecule has 22 heavy (non-hydrogen) atoms. The molecular formula is C17H26BrNOS2. The van der Waals surface area contributed by atoms with Gasteiger partial charge in [0.15, 0.2) is 0 Å². The Morgan fingerprint density at radius 2 is 1.95 bits per heavy atom. The number of hydrogen-bond donors (Lipinski definition) is 1. The van der Waals surface area contributed by atoms with Crippen LogP contribution in [0.3, 0.4) is 0 Å². The molecule has 1 fully saturated rings. The Balaban J connectivity index is 2.02. The van der Waals surface area contributed by atoms with Crippen LogP contribution in [0.15, 0.2) is 27.6 Å². The highest BCUT2D eigenvalue weighted by Crippen LogP contribution is 2.37. The molecule has 1 N–H and O–H groups in total. The van der Waals surface area contributed by atoms with Crippen LogP contribution in [0.25, 0.3) is 0 Å². The maximum atomic E-state index is 12.2. The zero-order valence-electron chi connectivity index (χ0n) is 13.8. The molecule has 2 nitrogen and oxygen atoms in total. The van der Waals surface area contributed by atoms with E-state index in [1.54, 1.807) is 0 Å². The van der Waals surface area contributed by atoms with Crippen LogP contribution < -0.4 is 4.72 Å². The van der Waals surface area contributed by atoms with E-state index in [1.807, 2.05) is 32.5 Å². The summed E-state index contributed by atoms with van der Waals surface area (Å²) in [5.74, 6) is 0. The molecule has 1 unspecified atom stereocenters. The summed E-state index contributed by atoms with van der Waals surface area (Å²) in [6.07, 6.45) is 5.42.